The minimum absolute atomic E-state index is 0.140. The van der Waals surface area contributed by atoms with Crippen LogP contribution in [0.5, 0.6) is 17.2 Å². The van der Waals surface area contributed by atoms with Gasteiger partial charge in [0, 0.05) is 6.54 Å². The van der Waals surface area contributed by atoms with E-state index in [2.05, 4.69) is 5.32 Å². The van der Waals surface area contributed by atoms with Gasteiger partial charge in [0.1, 0.15) is 5.75 Å². The lowest BCUT2D eigenvalue weighted by Crippen LogP contribution is -2.37. The van der Waals surface area contributed by atoms with E-state index in [1.54, 1.807) is 14.2 Å². The summed E-state index contributed by atoms with van der Waals surface area (Å²) in [6.45, 7) is 4.31. The molecule has 0 aromatic heterocycles. The molecule has 0 radical (unpaired) electrons. The number of rotatable bonds is 8. The van der Waals surface area contributed by atoms with E-state index < -0.39 is 6.10 Å². The highest BCUT2D eigenvalue weighted by molar-refractivity contribution is 5.81. The van der Waals surface area contributed by atoms with Crippen LogP contribution in [0.15, 0.2) is 42.5 Å². The van der Waals surface area contributed by atoms with E-state index in [0.29, 0.717) is 30.2 Å². The van der Waals surface area contributed by atoms with Crippen molar-refractivity contribution in [3.05, 3.63) is 53.6 Å². The molecule has 0 spiro atoms. The summed E-state index contributed by atoms with van der Waals surface area (Å²) in [7, 11) is 3.18. The second kappa shape index (κ2) is 8.97. The van der Waals surface area contributed by atoms with Crippen LogP contribution in [0.4, 0.5) is 0 Å². The van der Waals surface area contributed by atoms with Crippen molar-refractivity contribution in [2.45, 2.75) is 32.9 Å². The van der Waals surface area contributed by atoms with E-state index in [1.807, 2.05) is 56.3 Å². The molecule has 0 unspecified atom stereocenters. The van der Waals surface area contributed by atoms with Crippen LogP contribution >= 0.6 is 0 Å². The topological polar surface area (TPSA) is 56.8 Å². The molecule has 1 atom stereocenters. The minimum Gasteiger partial charge on any atom is -0.493 e. The quantitative estimate of drug-likeness (QED) is 0.797. The monoisotopic (exact) mass is 343 g/mol. The Morgan fingerprint density at radius 1 is 1.08 bits per heavy atom. The smallest absolute Gasteiger partial charge is 0.261 e. The van der Waals surface area contributed by atoms with Gasteiger partial charge in [-0.25, -0.2) is 0 Å². The van der Waals surface area contributed by atoms with Crippen molar-refractivity contribution in [2.24, 2.45) is 0 Å². The lowest BCUT2D eigenvalue weighted by Gasteiger charge is -2.18. The van der Waals surface area contributed by atoms with Gasteiger partial charge in [-0.1, -0.05) is 25.1 Å². The summed E-state index contributed by atoms with van der Waals surface area (Å²) in [6, 6.07) is 13.2. The average Bonchev–Trinajstić information content (AvgIpc) is 2.63. The Bertz CT molecular complexity index is 715. The zero-order valence-electron chi connectivity index (χ0n) is 15.2. The normalized spacial score (nSPS) is 11.5. The van der Waals surface area contributed by atoms with E-state index in [9.17, 15) is 4.79 Å². The number of amides is 1. The first-order valence-electron chi connectivity index (χ1n) is 8.29. The molecule has 2 aromatic rings. The maximum atomic E-state index is 12.4. The standard InChI is InChI=1S/C20H25NO4/c1-5-17(25-16-8-6-7-14(2)11-16)20(22)21-13-15-9-10-18(23-3)19(12-15)24-4/h6-12,17H,5,13H2,1-4H3,(H,21,22)/t17-/m1/s1. The number of hydrogen-bond acceptors (Lipinski definition) is 4. The van der Waals surface area contributed by atoms with Crippen molar-refractivity contribution in [3.63, 3.8) is 0 Å². The van der Waals surface area contributed by atoms with Crippen LogP contribution in [0.25, 0.3) is 0 Å². The Balaban J connectivity index is 1.98. The fraction of sp³-hybridized carbons (Fsp3) is 0.350. The molecule has 0 aliphatic rings. The fourth-order valence-corrected chi connectivity index (χ4v) is 2.47. The van der Waals surface area contributed by atoms with Crippen LogP contribution in [0.3, 0.4) is 0 Å². The van der Waals surface area contributed by atoms with Gasteiger partial charge in [0.15, 0.2) is 17.6 Å². The van der Waals surface area contributed by atoms with Crippen molar-refractivity contribution in [3.8, 4) is 17.2 Å². The number of carbonyl (C=O) groups excluding carboxylic acids is 1. The second-order valence-corrected chi connectivity index (χ2v) is 5.74. The summed E-state index contributed by atoms with van der Waals surface area (Å²) in [4.78, 5) is 12.4. The van der Waals surface area contributed by atoms with Crippen molar-refractivity contribution in [1.82, 2.24) is 5.32 Å². The molecular formula is C20H25NO4. The molecule has 25 heavy (non-hydrogen) atoms. The molecule has 0 aliphatic carbocycles. The molecule has 0 aliphatic heterocycles. The van der Waals surface area contributed by atoms with E-state index in [4.69, 9.17) is 14.2 Å². The van der Waals surface area contributed by atoms with Gasteiger partial charge in [-0.05, 0) is 48.7 Å². The molecule has 2 aromatic carbocycles. The zero-order chi connectivity index (χ0) is 18.2. The summed E-state index contributed by atoms with van der Waals surface area (Å²) < 4.78 is 16.3. The predicted octanol–water partition coefficient (Wildman–Crippen LogP) is 3.49. The zero-order valence-corrected chi connectivity index (χ0v) is 15.2. The van der Waals surface area contributed by atoms with Crippen LogP contribution in [0, 0.1) is 6.92 Å². The fourth-order valence-electron chi connectivity index (χ4n) is 2.47. The molecule has 2 rings (SSSR count). The summed E-state index contributed by atoms with van der Waals surface area (Å²) in [5.74, 6) is 1.86. The highest BCUT2D eigenvalue weighted by Gasteiger charge is 2.18. The molecule has 0 heterocycles. The number of methoxy groups -OCH3 is 2. The molecular weight excluding hydrogens is 318 g/mol. The van der Waals surface area contributed by atoms with Crippen LogP contribution < -0.4 is 19.5 Å². The SMILES string of the molecule is CC[C@@H](Oc1cccc(C)c1)C(=O)NCc1ccc(OC)c(OC)c1. The van der Waals surface area contributed by atoms with Crippen LogP contribution in [-0.2, 0) is 11.3 Å². The van der Waals surface area contributed by atoms with E-state index >= 15 is 0 Å². The molecule has 0 saturated carbocycles. The average molecular weight is 343 g/mol. The first-order chi connectivity index (χ1) is 12.1. The van der Waals surface area contributed by atoms with Crippen molar-refractivity contribution >= 4 is 5.91 Å². The third-order valence-electron chi connectivity index (χ3n) is 3.85. The lowest BCUT2D eigenvalue weighted by atomic mass is 10.2. The molecule has 5 nitrogen and oxygen atoms in total. The van der Waals surface area contributed by atoms with Crippen LogP contribution in [0.1, 0.15) is 24.5 Å². The largest absolute Gasteiger partial charge is 0.493 e. The molecule has 0 bridgehead atoms. The first kappa shape index (κ1) is 18.6. The van der Waals surface area contributed by atoms with E-state index in [1.165, 1.54) is 0 Å². The van der Waals surface area contributed by atoms with Gasteiger partial charge in [0.25, 0.3) is 5.91 Å². The Morgan fingerprint density at radius 2 is 1.84 bits per heavy atom. The van der Waals surface area contributed by atoms with Crippen molar-refractivity contribution in [2.75, 3.05) is 14.2 Å². The number of hydrogen-bond donors (Lipinski definition) is 1. The van der Waals surface area contributed by atoms with Gasteiger partial charge in [-0.2, -0.15) is 0 Å². The first-order valence-corrected chi connectivity index (χ1v) is 8.29. The lowest BCUT2D eigenvalue weighted by molar-refractivity contribution is -0.128. The Hall–Kier alpha value is -2.69. The second-order valence-electron chi connectivity index (χ2n) is 5.74. The van der Waals surface area contributed by atoms with Gasteiger partial charge >= 0.3 is 0 Å². The van der Waals surface area contributed by atoms with Gasteiger partial charge in [0.2, 0.25) is 0 Å². The number of benzene rings is 2. The molecule has 1 N–H and O–H groups in total. The minimum atomic E-state index is -0.526. The highest BCUT2D eigenvalue weighted by Crippen LogP contribution is 2.27. The molecule has 0 fully saturated rings. The maximum Gasteiger partial charge on any atom is 0.261 e. The third kappa shape index (κ3) is 5.14. The summed E-state index contributed by atoms with van der Waals surface area (Å²) in [6.07, 6.45) is 0.0630. The maximum absolute atomic E-state index is 12.4. The van der Waals surface area contributed by atoms with Gasteiger partial charge in [-0.3, -0.25) is 4.79 Å². The Kier molecular flexibility index (Phi) is 6.69. The summed E-state index contributed by atoms with van der Waals surface area (Å²) >= 11 is 0. The Morgan fingerprint density at radius 3 is 2.48 bits per heavy atom. The van der Waals surface area contributed by atoms with E-state index in [0.717, 1.165) is 11.1 Å². The molecule has 0 saturated heterocycles. The summed E-state index contributed by atoms with van der Waals surface area (Å²) in [5, 5.41) is 2.91. The third-order valence-corrected chi connectivity index (χ3v) is 3.85. The summed E-state index contributed by atoms with van der Waals surface area (Å²) in [5.41, 5.74) is 2.02. The van der Waals surface area contributed by atoms with Crippen molar-refractivity contribution < 1.29 is 19.0 Å². The number of nitrogens with one attached hydrogen (secondary N) is 1. The van der Waals surface area contributed by atoms with Gasteiger partial charge in [0.05, 0.1) is 14.2 Å². The number of aryl methyl sites for hydroxylation is 1. The Labute approximate surface area is 148 Å². The number of ether oxygens (including phenoxy) is 3. The molecule has 5 heteroatoms. The predicted molar refractivity (Wildman–Crippen MR) is 97.3 cm³/mol. The van der Waals surface area contributed by atoms with E-state index in [-0.39, 0.29) is 5.91 Å². The molecule has 1 amide bonds. The van der Waals surface area contributed by atoms with Gasteiger partial charge < -0.3 is 19.5 Å². The van der Waals surface area contributed by atoms with Crippen LogP contribution in [-0.4, -0.2) is 26.2 Å². The number of carbonyl (C=O) groups is 1. The highest BCUT2D eigenvalue weighted by atomic mass is 16.5. The molecule has 134 valence electrons. The van der Waals surface area contributed by atoms with Crippen LogP contribution in [0.2, 0.25) is 0 Å². The van der Waals surface area contributed by atoms with Crippen molar-refractivity contribution in [1.29, 1.82) is 0 Å². The van der Waals surface area contributed by atoms with Gasteiger partial charge in [-0.15, -0.1) is 0 Å².